The number of aliphatic hydroxyl groups is 1. The van der Waals surface area contributed by atoms with Crippen LogP contribution in [0.15, 0.2) is 30.3 Å². The van der Waals surface area contributed by atoms with Gasteiger partial charge in [-0.15, -0.1) is 0 Å². The third-order valence-corrected chi connectivity index (χ3v) is 17.6. The van der Waals surface area contributed by atoms with Crippen LogP contribution in [0.25, 0.3) is 0 Å². The van der Waals surface area contributed by atoms with E-state index in [1.54, 1.807) is 0 Å². The van der Waals surface area contributed by atoms with Gasteiger partial charge >= 0.3 is 5.97 Å². The maximum atomic E-state index is 12.7. The van der Waals surface area contributed by atoms with Gasteiger partial charge in [-0.05, 0) is 141 Å². The Bertz CT molecular complexity index is 1360. The predicted octanol–water partition coefficient (Wildman–Crippen LogP) is 9.29. The number of carboxylic acids is 1. The van der Waals surface area contributed by atoms with Crippen LogP contribution in [0.2, 0.25) is 0 Å². The van der Waals surface area contributed by atoms with E-state index >= 15 is 0 Å². The lowest BCUT2D eigenvalue weighted by Crippen LogP contribution is -2.73. The van der Waals surface area contributed by atoms with Gasteiger partial charge in [0.15, 0.2) is 5.79 Å². The number of aliphatic carboxylic acids is 1. The van der Waals surface area contributed by atoms with Gasteiger partial charge in [0.05, 0.1) is 11.5 Å². The standard InChI is InChI=1S/C41H60O4/c1-7-11-30-40-17-16-29-37(4)21-20-35(2)18-19-36(3,34(42)43)25-31(35)38(37,5)24-28-15-14-27(33(40)39(28,29)6)23-41(30,44)45-32(40)22-26-12-9-8-10-13-26/h8-10,12-13,27-33,44H,7,11,14-25H2,1-6H3,(H,42,43)/t27-,28-,29+,30+,31+,32-,33-,35+,36+,37+,38-,39+,40+,41-/m0/s1. The van der Waals surface area contributed by atoms with E-state index in [2.05, 4.69) is 71.9 Å². The van der Waals surface area contributed by atoms with Crippen LogP contribution in [-0.4, -0.2) is 28.1 Å². The Morgan fingerprint density at radius 1 is 0.867 bits per heavy atom. The maximum Gasteiger partial charge on any atom is 0.309 e. The van der Waals surface area contributed by atoms with Gasteiger partial charge < -0.3 is 14.9 Å². The summed E-state index contributed by atoms with van der Waals surface area (Å²) in [5, 5.41) is 22.9. The van der Waals surface area contributed by atoms with Crippen molar-refractivity contribution in [3.05, 3.63) is 35.9 Å². The van der Waals surface area contributed by atoms with Crippen LogP contribution in [0, 0.1) is 68.0 Å². The van der Waals surface area contributed by atoms with E-state index in [0.29, 0.717) is 29.6 Å². The van der Waals surface area contributed by atoms with Crippen LogP contribution in [0.1, 0.15) is 131 Å². The van der Waals surface area contributed by atoms with Crippen molar-refractivity contribution in [1.29, 1.82) is 0 Å². The van der Waals surface area contributed by atoms with Crippen LogP contribution < -0.4 is 0 Å². The van der Waals surface area contributed by atoms with Crippen LogP contribution in [0.3, 0.4) is 0 Å². The fourth-order valence-electron chi connectivity index (χ4n) is 15.5. The Balaban J connectivity index is 1.24. The van der Waals surface area contributed by atoms with Crippen LogP contribution in [0.4, 0.5) is 0 Å². The van der Waals surface area contributed by atoms with Crippen molar-refractivity contribution in [3.63, 3.8) is 0 Å². The highest BCUT2D eigenvalue weighted by Gasteiger charge is 2.80. The molecule has 1 heterocycles. The molecule has 1 aliphatic heterocycles. The van der Waals surface area contributed by atoms with E-state index in [4.69, 9.17) is 4.74 Å². The molecule has 45 heavy (non-hydrogen) atoms. The third-order valence-electron chi connectivity index (χ3n) is 17.6. The first-order valence-corrected chi connectivity index (χ1v) is 18.9. The van der Waals surface area contributed by atoms with Crippen molar-refractivity contribution in [3.8, 4) is 0 Å². The fourth-order valence-corrected chi connectivity index (χ4v) is 15.5. The average molecular weight is 617 g/mol. The summed E-state index contributed by atoms with van der Waals surface area (Å²) in [6, 6.07) is 10.9. The summed E-state index contributed by atoms with van der Waals surface area (Å²) in [5.41, 5.74) is 1.58. The first-order valence-electron chi connectivity index (χ1n) is 18.9. The van der Waals surface area contributed by atoms with Gasteiger partial charge in [-0.1, -0.05) is 71.4 Å². The predicted molar refractivity (Wildman–Crippen MR) is 177 cm³/mol. The molecule has 2 N–H and O–H groups in total. The van der Waals surface area contributed by atoms with Gasteiger partial charge in [0.2, 0.25) is 0 Å². The Labute approximate surface area is 272 Å². The summed E-state index contributed by atoms with van der Waals surface area (Å²) >= 11 is 0. The summed E-state index contributed by atoms with van der Waals surface area (Å²) in [4.78, 5) is 12.7. The highest BCUT2D eigenvalue weighted by atomic mass is 16.6. The fraction of sp³-hybridized carbons (Fsp3) is 0.829. The zero-order valence-corrected chi connectivity index (χ0v) is 29.0. The second-order valence-electron chi connectivity index (χ2n) is 19.1. The van der Waals surface area contributed by atoms with E-state index in [1.165, 1.54) is 50.5 Å². The van der Waals surface area contributed by atoms with Gasteiger partial charge in [0, 0.05) is 17.8 Å². The highest BCUT2D eigenvalue weighted by molar-refractivity contribution is 5.74. The molecule has 6 saturated carbocycles. The smallest absolute Gasteiger partial charge is 0.309 e. The Hall–Kier alpha value is -1.39. The summed E-state index contributed by atoms with van der Waals surface area (Å²) in [6.45, 7) is 15.0. The molecule has 0 unspecified atom stereocenters. The minimum absolute atomic E-state index is 0.0213. The topological polar surface area (TPSA) is 66.8 Å². The number of hydrogen-bond acceptors (Lipinski definition) is 3. The second-order valence-corrected chi connectivity index (χ2v) is 19.1. The number of carbonyl (C=O) groups is 1. The summed E-state index contributed by atoms with van der Waals surface area (Å²) < 4.78 is 7.06. The molecular formula is C41H60O4. The lowest BCUT2D eigenvalue weighted by Gasteiger charge is -2.78. The lowest BCUT2D eigenvalue weighted by atomic mass is 9.26. The molecule has 248 valence electrons. The molecule has 7 fully saturated rings. The number of fused-ring (bicyclic) bond motifs is 5. The van der Waals surface area contributed by atoms with Gasteiger partial charge in [-0.25, -0.2) is 0 Å². The molecule has 1 saturated heterocycles. The summed E-state index contributed by atoms with van der Waals surface area (Å²) in [6.07, 6.45) is 15.3. The maximum absolute atomic E-state index is 12.7. The molecule has 0 aromatic heterocycles. The van der Waals surface area contributed by atoms with E-state index in [1.807, 2.05) is 0 Å². The van der Waals surface area contributed by atoms with Crippen molar-refractivity contribution in [2.75, 3.05) is 0 Å². The molecule has 2 bridgehead atoms. The number of carboxylic acid groups (broad SMARTS) is 1. The molecule has 0 radical (unpaired) electrons. The van der Waals surface area contributed by atoms with Gasteiger partial charge in [0.25, 0.3) is 0 Å². The van der Waals surface area contributed by atoms with E-state index in [9.17, 15) is 15.0 Å². The molecule has 4 heteroatoms. The number of hydrogen-bond donors (Lipinski definition) is 2. The van der Waals surface area contributed by atoms with Crippen LogP contribution in [-0.2, 0) is 16.0 Å². The quantitative estimate of drug-likeness (QED) is 0.346. The minimum atomic E-state index is -0.990. The monoisotopic (exact) mass is 616 g/mol. The molecule has 14 atom stereocenters. The van der Waals surface area contributed by atoms with E-state index in [-0.39, 0.29) is 39.1 Å². The molecule has 1 spiro atoms. The zero-order chi connectivity index (χ0) is 31.8. The molecule has 7 aliphatic rings. The molecule has 0 amide bonds. The number of rotatable bonds is 5. The molecule has 6 aliphatic carbocycles. The molecule has 4 nitrogen and oxygen atoms in total. The van der Waals surface area contributed by atoms with Gasteiger partial charge in [-0.2, -0.15) is 0 Å². The van der Waals surface area contributed by atoms with Crippen LogP contribution >= 0.6 is 0 Å². The third kappa shape index (κ3) is 3.71. The Morgan fingerprint density at radius 2 is 1.60 bits per heavy atom. The largest absolute Gasteiger partial charge is 0.481 e. The van der Waals surface area contributed by atoms with Crippen molar-refractivity contribution >= 4 is 5.97 Å². The second kappa shape index (κ2) is 9.61. The van der Waals surface area contributed by atoms with Crippen LogP contribution in [0.5, 0.6) is 0 Å². The van der Waals surface area contributed by atoms with Crippen molar-refractivity contribution < 1.29 is 19.7 Å². The SMILES string of the molecule is CCC[C@@H]1[C@]23CC[C@H]4[C@@]5(C)[C@@H](CC[C@@H](C[C@]1(O)O[C@H]2Cc1ccccc1)[C@@H]53)C[C@@]1(C)[C@@H]2C[C@](C)(C(=O)O)CC[C@]2(C)CC[C@]41C. The lowest BCUT2D eigenvalue weighted by molar-refractivity contribution is -0.311. The minimum Gasteiger partial charge on any atom is -0.481 e. The molecular weight excluding hydrogens is 556 g/mol. The van der Waals surface area contributed by atoms with Crippen molar-refractivity contribution in [2.45, 2.75) is 143 Å². The normalized spacial score (nSPS) is 56.1. The Morgan fingerprint density at radius 3 is 2.31 bits per heavy atom. The number of ether oxygens (including phenoxy) is 1. The average Bonchev–Trinajstić information content (AvgIpc) is 3.13. The zero-order valence-electron chi connectivity index (χ0n) is 29.0. The molecule has 1 aromatic carbocycles. The van der Waals surface area contributed by atoms with E-state index < -0.39 is 17.2 Å². The molecule has 1 aromatic rings. The number of benzene rings is 1. The van der Waals surface area contributed by atoms with Crippen molar-refractivity contribution in [2.24, 2.45) is 68.0 Å². The Kier molecular flexibility index (Phi) is 6.60. The summed E-state index contributed by atoms with van der Waals surface area (Å²) in [7, 11) is 0. The summed E-state index contributed by atoms with van der Waals surface area (Å²) in [5.74, 6) is 1.51. The highest BCUT2D eigenvalue weighted by Crippen LogP contribution is 2.83. The van der Waals surface area contributed by atoms with Gasteiger partial charge in [0.1, 0.15) is 0 Å². The van der Waals surface area contributed by atoms with E-state index in [0.717, 1.165) is 44.9 Å². The van der Waals surface area contributed by atoms with Gasteiger partial charge in [-0.3, -0.25) is 4.79 Å². The first kappa shape index (κ1) is 30.9. The molecule has 8 rings (SSSR count). The first-order chi connectivity index (χ1) is 21.2. The van der Waals surface area contributed by atoms with Crippen molar-refractivity contribution in [1.82, 2.24) is 0 Å².